The summed E-state index contributed by atoms with van der Waals surface area (Å²) < 4.78 is 7.31. The van der Waals surface area contributed by atoms with Gasteiger partial charge in [-0.15, -0.1) is 5.10 Å². The number of nitrogens with zero attached hydrogens (tertiary/aromatic N) is 3. The fourth-order valence-corrected chi connectivity index (χ4v) is 2.73. The number of nitrogens with one attached hydrogen (secondary N) is 1. The molecular weight excluding hydrogens is 228 g/mol. The largest absolute Gasteiger partial charge is 0.381 e. The Morgan fingerprint density at radius 3 is 2.83 bits per heavy atom. The first-order chi connectivity index (χ1) is 8.76. The molecule has 3 rings (SSSR count). The molecule has 100 valence electrons. The summed E-state index contributed by atoms with van der Waals surface area (Å²) in [5, 5.41) is 12.0. The third-order valence-electron chi connectivity index (χ3n) is 4.10. The summed E-state index contributed by atoms with van der Waals surface area (Å²) in [7, 11) is 1.93. The highest BCUT2D eigenvalue weighted by Crippen LogP contribution is 2.34. The van der Waals surface area contributed by atoms with Crippen molar-refractivity contribution in [2.75, 3.05) is 19.8 Å². The molecule has 0 unspecified atom stereocenters. The van der Waals surface area contributed by atoms with E-state index in [-0.39, 0.29) is 0 Å². The van der Waals surface area contributed by atoms with E-state index in [1.165, 1.54) is 12.8 Å². The van der Waals surface area contributed by atoms with Crippen LogP contribution < -0.4 is 5.32 Å². The number of hydrogen-bond donors (Lipinski definition) is 1. The van der Waals surface area contributed by atoms with E-state index < -0.39 is 0 Å². The van der Waals surface area contributed by atoms with Crippen LogP contribution in [0.3, 0.4) is 0 Å². The van der Waals surface area contributed by atoms with Crippen molar-refractivity contribution < 1.29 is 4.74 Å². The topological polar surface area (TPSA) is 52.0 Å². The minimum atomic E-state index is 0.316. The van der Waals surface area contributed by atoms with E-state index in [9.17, 15) is 0 Å². The second kappa shape index (κ2) is 4.97. The van der Waals surface area contributed by atoms with Crippen LogP contribution in [0, 0.1) is 5.41 Å². The second-order valence-corrected chi connectivity index (χ2v) is 5.83. The monoisotopic (exact) mass is 250 g/mol. The third kappa shape index (κ3) is 2.90. The molecule has 0 radical (unpaired) electrons. The van der Waals surface area contributed by atoms with Crippen molar-refractivity contribution in [1.29, 1.82) is 0 Å². The van der Waals surface area contributed by atoms with Crippen molar-refractivity contribution in [3.8, 4) is 0 Å². The number of aryl methyl sites for hydroxylation is 1. The molecule has 1 saturated carbocycles. The molecule has 0 bridgehead atoms. The summed E-state index contributed by atoms with van der Waals surface area (Å²) in [6.07, 6.45) is 8.00. The van der Waals surface area contributed by atoms with Crippen LogP contribution >= 0.6 is 0 Å². The summed E-state index contributed by atoms with van der Waals surface area (Å²) in [6, 6.07) is 0.770. The van der Waals surface area contributed by atoms with Crippen molar-refractivity contribution in [2.24, 2.45) is 12.5 Å². The summed E-state index contributed by atoms with van der Waals surface area (Å²) >= 11 is 0. The van der Waals surface area contributed by atoms with Crippen LogP contribution in [-0.2, 0) is 18.2 Å². The van der Waals surface area contributed by atoms with E-state index in [0.717, 1.165) is 50.8 Å². The molecule has 2 fully saturated rings. The minimum Gasteiger partial charge on any atom is -0.381 e. The molecule has 0 spiro atoms. The predicted octanol–water partition coefficient (Wildman–Crippen LogP) is 0.906. The van der Waals surface area contributed by atoms with Crippen molar-refractivity contribution in [3.63, 3.8) is 0 Å². The molecule has 1 saturated heterocycles. The van der Waals surface area contributed by atoms with Gasteiger partial charge in [-0.2, -0.15) is 0 Å². The van der Waals surface area contributed by atoms with Crippen LogP contribution in [-0.4, -0.2) is 40.8 Å². The Hall–Kier alpha value is -0.940. The third-order valence-corrected chi connectivity index (χ3v) is 4.10. The highest BCUT2D eigenvalue weighted by Gasteiger charge is 2.35. The summed E-state index contributed by atoms with van der Waals surface area (Å²) in [5.74, 6) is 0. The van der Waals surface area contributed by atoms with Gasteiger partial charge >= 0.3 is 0 Å². The second-order valence-electron chi connectivity index (χ2n) is 5.83. The number of aromatic nitrogens is 3. The van der Waals surface area contributed by atoms with Crippen molar-refractivity contribution >= 4 is 0 Å². The summed E-state index contributed by atoms with van der Waals surface area (Å²) in [5.41, 5.74) is 1.42. The SMILES string of the molecule is Cn1cc(CC2(CNC3CC3)CCOCC2)nn1. The lowest BCUT2D eigenvalue weighted by Gasteiger charge is -2.37. The van der Waals surface area contributed by atoms with Gasteiger partial charge in [0.1, 0.15) is 0 Å². The fourth-order valence-electron chi connectivity index (χ4n) is 2.73. The lowest BCUT2D eigenvalue weighted by molar-refractivity contribution is 0.0143. The van der Waals surface area contributed by atoms with Crippen LogP contribution in [0.2, 0.25) is 0 Å². The molecule has 2 aliphatic rings. The molecule has 0 aromatic carbocycles. The standard InChI is InChI=1S/C13H22N4O/c1-17-9-12(15-16-17)8-13(4-6-18-7-5-13)10-14-11-2-3-11/h9,11,14H,2-8,10H2,1H3. The zero-order valence-electron chi connectivity index (χ0n) is 11.1. The Balaban J connectivity index is 1.66. The summed E-state index contributed by atoms with van der Waals surface area (Å²) in [4.78, 5) is 0. The molecule has 2 heterocycles. The van der Waals surface area contributed by atoms with E-state index >= 15 is 0 Å². The maximum atomic E-state index is 5.52. The van der Waals surface area contributed by atoms with E-state index in [2.05, 4.69) is 15.6 Å². The molecule has 1 aliphatic carbocycles. The molecule has 5 heteroatoms. The Morgan fingerprint density at radius 2 is 2.22 bits per heavy atom. The van der Waals surface area contributed by atoms with Gasteiger partial charge in [-0.1, -0.05) is 5.21 Å². The minimum absolute atomic E-state index is 0.316. The van der Waals surface area contributed by atoms with Gasteiger partial charge in [0.2, 0.25) is 0 Å². The van der Waals surface area contributed by atoms with Crippen LogP contribution in [0.15, 0.2) is 6.20 Å². The Bertz CT molecular complexity index is 393. The van der Waals surface area contributed by atoms with Gasteiger partial charge in [-0.25, -0.2) is 0 Å². The van der Waals surface area contributed by atoms with E-state index in [0.29, 0.717) is 5.41 Å². The smallest absolute Gasteiger partial charge is 0.0833 e. The average molecular weight is 250 g/mol. The number of hydrogen-bond acceptors (Lipinski definition) is 4. The van der Waals surface area contributed by atoms with Gasteiger partial charge in [0, 0.05) is 45.5 Å². The Labute approximate surface area is 108 Å². The Morgan fingerprint density at radius 1 is 1.44 bits per heavy atom. The Kier molecular flexibility index (Phi) is 3.35. The van der Waals surface area contributed by atoms with Gasteiger partial charge in [0.25, 0.3) is 0 Å². The van der Waals surface area contributed by atoms with Gasteiger partial charge in [-0.05, 0) is 31.1 Å². The molecular formula is C13H22N4O. The summed E-state index contributed by atoms with van der Waals surface area (Å²) in [6.45, 7) is 2.86. The average Bonchev–Trinajstić information content (AvgIpc) is 3.12. The van der Waals surface area contributed by atoms with Crippen LogP contribution in [0.4, 0.5) is 0 Å². The predicted molar refractivity (Wildman–Crippen MR) is 68.2 cm³/mol. The number of rotatable bonds is 5. The highest BCUT2D eigenvalue weighted by molar-refractivity contribution is 5.01. The fraction of sp³-hybridized carbons (Fsp3) is 0.846. The first kappa shape index (κ1) is 12.1. The maximum Gasteiger partial charge on any atom is 0.0833 e. The molecule has 0 atom stereocenters. The van der Waals surface area contributed by atoms with Gasteiger partial charge in [-0.3, -0.25) is 4.68 Å². The number of ether oxygens (including phenoxy) is 1. The van der Waals surface area contributed by atoms with E-state index in [4.69, 9.17) is 4.74 Å². The van der Waals surface area contributed by atoms with Crippen molar-refractivity contribution in [3.05, 3.63) is 11.9 Å². The normalized spacial score (nSPS) is 23.2. The van der Waals surface area contributed by atoms with Crippen LogP contribution in [0.5, 0.6) is 0 Å². The zero-order chi connectivity index (χ0) is 12.4. The van der Waals surface area contributed by atoms with E-state index in [1.807, 2.05) is 13.2 Å². The zero-order valence-corrected chi connectivity index (χ0v) is 11.1. The first-order valence-corrected chi connectivity index (χ1v) is 6.92. The molecule has 1 aliphatic heterocycles. The van der Waals surface area contributed by atoms with Crippen molar-refractivity contribution in [1.82, 2.24) is 20.3 Å². The van der Waals surface area contributed by atoms with Gasteiger partial charge < -0.3 is 10.1 Å². The molecule has 1 aromatic rings. The lowest BCUT2D eigenvalue weighted by Crippen LogP contribution is -2.41. The molecule has 1 aromatic heterocycles. The molecule has 5 nitrogen and oxygen atoms in total. The van der Waals surface area contributed by atoms with Crippen molar-refractivity contribution in [2.45, 2.75) is 38.1 Å². The van der Waals surface area contributed by atoms with Crippen LogP contribution in [0.1, 0.15) is 31.4 Å². The highest BCUT2D eigenvalue weighted by atomic mass is 16.5. The van der Waals surface area contributed by atoms with Gasteiger partial charge in [0.05, 0.1) is 5.69 Å². The lowest BCUT2D eigenvalue weighted by atomic mass is 9.76. The van der Waals surface area contributed by atoms with E-state index in [1.54, 1.807) is 4.68 Å². The molecule has 18 heavy (non-hydrogen) atoms. The molecule has 1 N–H and O–H groups in total. The molecule has 0 amide bonds. The van der Waals surface area contributed by atoms with Crippen LogP contribution in [0.25, 0.3) is 0 Å². The quantitative estimate of drug-likeness (QED) is 0.844. The van der Waals surface area contributed by atoms with Gasteiger partial charge in [0.15, 0.2) is 0 Å². The first-order valence-electron chi connectivity index (χ1n) is 6.92. The maximum absolute atomic E-state index is 5.52.